The van der Waals surface area contributed by atoms with E-state index in [4.69, 9.17) is 0 Å². The van der Waals surface area contributed by atoms with Crippen LogP contribution >= 0.6 is 0 Å². The highest BCUT2D eigenvalue weighted by Crippen LogP contribution is 2.46. The molecule has 102 valence electrons. The minimum Gasteiger partial charge on any atom is -0.506 e. The highest BCUT2D eigenvalue weighted by atomic mass is 16.3. The third-order valence-corrected chi connectivity index (χ3v) is 4.49. The number of hydrogen-bond donors (Lipinski definition) is 2. The molecule has 0 unspecified atom stereocenters. The highest BCUT2D eigenvalue weighted by molar-refractivity contribution is 6.08. The Hall–Kier alpha value is -1.71. The average Bonchev–Trinajstić information content (AvgIpc) is 2.43. The van der Waals surface area contributed by atoms with Gasteiger partial charge in [-0.05, 0) is 31.9 Å². The quantitative estimate of drug-likeness (QED) is 0.763. The van der Waals surface area contributed by atoms with Gasteiger partial charge in [0.2, 0.25) is 5.91 Å². The number of anilines is 2. The molecule has 1 aromatic carbocycles. The van der Waals surface area contributed by atoms with Gasteiger partial charge in [0, 0.05) is 6.54 Å². The van der Waals surface area contributed by atoms with Gasteiger partial charge in [-0.2, -0.15) is 0 Å². The summed E-state index contributed by atoms with van der Waals surface area (Å²) in [5, 5.41) is 12.9. The molecule has 19 heavy (non-hydrogen) atoms. The standard InChI is InChI=1S/C15H20N2O2/c1-2-17-11-7-6-8-12(18)13(11)16-14(19)15(17)9-4-3-5-10-15/h6-8,18H,2-5,9-10H2,1H3,(H,16,19). The first kappa shape index (κ1) is 12.3. The lowest BCUT2D eigenvalue weighted by Crippen LogP contribution is -2.60. The molecule has 4 nitrogen and oxygen atoms in total. The fourth-order valence-corrected chi connectivity index (χ4v) is 3.57. The van der Waals surface area contributed by atoms with Crippen LogP contribution in [0.3, 0.4) is 0 Å². The Balaban J connectivity index is 2.11. The van der Waals surface area contributed by atoms with Gasteiger partial charge in [0.25, 0.3) is 0 Å². The van der Waals surface area contributed by atoms with Crippen molar-refractivity contribution in [3.8, 4) is 5.75 Å². The molecule has 2 aliphatic rings. The van der Waals surface area contributed by atoms with Crippen LogP contribution < -0.4 is 10.2 Å². The third kappa shape index (κ3) is 1.70. The molecule has 2 N–H and O–H groups in total. The molecule has 1 aromatic rings. The van der Waals surface area contributed by atoms with Crippen LogP contribution in [-0.4, -0.2) is 23.1 Å². The van der Waals surface area contributed by atoms with E-state index in [-0.39, 0.29) is 11.7 Å². The van der Waals surface area contributed by atoms with E-state index in [0.29, 0.717) is 5.69 Å². The summed E-state index contributed by atoms with van der Waals surface area (Å²) in [6, 6.07) is 5.44. The van der Waals surface area contributed by atoms with E-state index >= 15 is 0 Å². The fourth-order valence-electron chi connectivity index (χ4n) is 3.57. The van der Waals surface area contributed by atoms with Crippen LogP contribution in [0.15, 0.2) is 18.2 Å². The van der Waals surface area contributed by atoms with Gasteiger partial charge in [-0.1, -0.05) is 25.3 Å². The van der Waals surface area contributed by atoms with Gasteiger partial charge in [-0.3, -0.25) is 4.79 Å². The van der Waals surface area contributed by atoms with Gasteiger partial charge in [-0.15, -0.1) is 0 Å². The number of nitrogens with zero attached hydrogens (tertiary/aromatic N) is 1. The summed E-state index contributed by atoms with van der Waals surface area (Å²) >= 11 is 0. The number of fused-ring (bicyclic) bond motifs is 1. The number of carbonyl (C=O) groups excluding carboxylic acids is 1. The molecular formula is C15H20N2O2. The molecule has 0 saturated heterocycles. The topological polar surface area (TPSA) is 52.6 Å². The maximum Gasteiger partial charge on any atom is 0.250 e. The van der Waals surface area contributed by atoms with Gasteiger partial charge >= 0.3 is 0 Å². The zero-order valence-corrected chi connectivity index (χ0v) is 11.3. The predicted octanol–water partition coefficient (Wildman–Crippen LogP) is 2.87. The summed E-state index contributed by atoms with van der Waals surface area (Å²) in [4.78, 5) is 14.8. The second-order valence-electron chi connectivity index (χ2n) is 5.46. The second kappa shape index (κ2) is 4.44. The lowest BCUT2D eigenvalue weighted by molar-refractivity contribution is -0.122. The molecule has 0 aromatic heterocycles. The van der Waals surface area contributed by atoms with Crippen LogP contribution in [0.1, 0.15) is 39.0 Å². The smallest absolute Gasteiger partial charge is 0.250 e. The zero-order valence-electron chi connectivity index (χ0n) is 11.3. The number of aromatic hydroxyl groups is 1. The Labute approximate surface area is 113 Å². The highest BCUT2D eigenvalue weighted by Gasteiger charge is 2.48. The van der Waals surface area contributed by atoms with Crippen molar-refractivity contribution in [2.75, 3.05) is 16.8 Å². The van der Waals surface area contributed by atoms with Crippen molar-refractivity contribution in [3.63, 3.8) is 0 Å². The van der Waals surface area contributed by atoms with E-state index in [1.165, 1.54) is 6.42 Å². The first-order valence-corrected chi connectivity index (χ1v) is 7.10. The van der Waals surface area contributed by atoms with Crippen molar-refractivity contribution >= 4 is 17.3 Å². The lowest BCUT2D eigenvalue weighted by Gasteiger charge is -2.49. The first-order chi connectivity index (χ1) is 9.19. The number of phenolic OH excluding ortho intramolecular Hbond substituents is 1. The van der Waals surface area contributed by atoms with Crippen LogP contribution in [0.25, 0.3) is 0 Å². The minimum absolute atomic E-state index is 0.0445. The average molecular weight is 260 g/mol. The van der Waals surface area contributed by atoms with Crippen molar-refractivity contribution in [3.05, 3.63) is 18.2 Å². The second-order valence-corrected chi connectivity index (χ2v) is 5.46. The van der Waals surface area contributed by atoms with Crippen LogP contribution in [0.4, 0.5) is 11.4 Å². The van der Waals surface area contributed by atoms with E-state index in [1.54, 1.807) is 6.07 Å². The summed E-state index contributed by atoms with van der Waals surface area (Å²) in [7, 11) is 0. The number of rotatable bonds is 1. The predicted molar refractivity (Wildman–Crippen MR) is 75.6 cm³/mol. The number of benzene rings is 1. The SMILES string of the molecule is CCN1c2cccc(O)c2NC(=O)C12CCCCC2. The molecule has 4 heteroatoms. The van der Waals surface area contributed by atoms with E-state index in [0.717, 1.165) is 37.9 Å². The van der Waals surface area contributed by atoms with E-state index in [2.05, 4.69) is 17.1 Å². The number of phenols is 1. The fraction of sp³-hybridized carbons (Fsp3) is 0.533. The molecule has 1 amide bonds. The third-order valence-electron chi connectivity index (χ3n) is 4.49. The molecule has 0 bridgehead atoms. The van der Waals surface area contributed by atoms with Crippen LogP contribution in [0.2, 0.25) is 0 Å². The van der Waals surface area contributed by atoms with Gasteiger partial charge in [-0.25, -0.2) is 0 Å². The number of hydrogen-bond acceptors (Lipinski definition) is 3. The Kier molecular flexibility index (Phi) is 2.88. The number of amides is 1. The van der Waals surface area contributed by atoms with E-state index in [1.807, 2.05) is 12.1 Å². The van der Waals surface area contributed by atoms with E-state index in [9.17, 15) is 9.90 Å². The maximum atomic E-state index is 12.6. The van der Waals surface area contributed by atoms with Gasteiger partial charge < -0.3 is 15.3 Å². The summed E-state index contributed by atoms with van der Waals surface area (Å²) in [6.07, 6.45) is 5.21. The normalized spacial score (nSPS) is 21.1. The summed E-state index contributed by atoms with van der Waals surface area (Å²) in [5.41, 5.74) is 1.10. The van der Waals surface area contributed by atoms with Crippen LogP contribution in [-0.2, 0) is 4.79 Å². The number of para-hydroxylation sites is 1. The molecule has 1 aliphatic heterocycles. The summed E-state index contributed by atoms with van der Waals surface area (Å²) < 4.78 is 0. The molecular weight excluding hydrogens is 240 g/mol. The van der Waals surface area contributed by atoms with Gasteiger partial charge in [0.05, 0.1) is 5.69 Å². The number of nitrogens with one attached hydrogen (secondary N) is 1. The molecule has 3 rings (SSSR count). The Bertz CT molecular complexity index is 507. The largest absolute Gasteiger partial charge is 0.506 e. The molecule has 0 atom stereocenters. The van der Waals surface area contributed by atoms with Crippen LogP contribution in [0, 0.1) is 0 Å². The zero-order chi connectivity index (χ0) is 13.5. The molecule has 1 heterocycles. The Morgan fingerprint density at radius 2 is 2.05 bits per heavy atom. The lowest BCUT2D eigenvalue weighted by atomic mass is 9.77. The molecule has 1 aliphatic carbocycles. The number of likely N-dealkylation sites (N-methyl/N-ethyl adjacent to an activating group) is 1. The van der Waals surface area contributed by atoms with Crippen molar-refractivity contribution in [2.45, 2.75) is 44.6 Å². The van der Waals surface area contributed by atoms with Gasteiger partial charge in [0.15, 0.2) is 0 Å². The molecule has 0 radical (unpaired) electrons. The van der Waals surface area contributed by atoms with Gasteiger partial charge in [0.1, 0.15) is 17.0 Å². The maximum absolute atomic E-state index is 12.6. The minimum atomic E-state index is -0.409. The Morgan fingerprint density at radius 1 is 1.32 bits per heavy atom. The molecule has 1 fully saturated rings. The monoisotopic (exact) mass is 260 g/mol. The summed E-state index contributed by atoms with van der Waals surface area (Å²) in [6.45, 7) is 2.85. The van der Waals surface area contributed by atoms with Crippen molar-refractivity contribution in [1.82, 2.24) is 0 Å². The summed E-state index contributed by atoms with van der Waals surface area (Å²) in [5.74, 6) is 0.193. The number of carbonyl (C=O) groups is 1. The molecule has 1 spiro atoms. The van der Waals surface area contributed by atoms with Crippen molar-refractivity contribution in [1.29, 1.82) is 0 Å². The first-order valence-electron chi connectivity index (χ1n) is 7.10. The molecule has 1 saturated carbocycles. The van der Waals surface area contributed by atoms with E-state index < -0.39 is 5.54 Å². The Morgan fingerprint density at radius 3 is 2.74 bits per heavy atom. The van der Waals surface area contributed by atoms with Crippen molar-refractivity contribution in [2.24, 2.45) is 0 Å². The van der Waals surface area contributed by atoms with Crippen molar-refractivity contribution < 1.29 is 9.90 Å². The van der Waals surface area contributed by atoms with Crippen LogP contribution in [0.5, 0.6) is 5.75 Å².